The minimum absolute atomic E-state index is 0. The van der Waals surface area contributed by atoms with E-state index in [-0.39, 0.29) is 12.4 Å². The van der Waals surface area contributed by atoms with Crippen molar-refractivity contribution in [2.75, 3.05) is 46.4 Å². The molecule has 0 radical (unpaired) electrons. The van der Waals surface area contributed by atoms with Gasteiger partial charge in [0.15, 0.2) is 0 Å². The molecule has 0 aliphatic carbocycles. The molecule has 0 aromatic heterocycles. The van der Waals surface area contributed by atoms with Crippen molar-refractivity contribution >= 4 is 22.4 Å². The average molecular weight is 376 g/mol. The molecule has 0 saturated carbocycles. The smallest absolute Gasteiger partial charge is 0.243 e. The number of benzene rings is 1. The molecular weight excluding hydrogens is 350 g/mol. The van der Waals surface area contributed by atoms with E-state index in [0.29, 0.717) is 29.8 Å². The summed E-state index contributed by atoms with van der Waals surface area (Å²) < 4.78 is 32.7. The number of aryl methyl sites for hydroxylation is 1. The summed E-state index contributed by atoms with van der Waals surface area (Å²) >= 11 is 0. The highest BCUT2D eigenvalue weighted by Crippen LogP contribution is 2.27. The fourth-order valence-corrected chi connectivity index (χ4v) is 5.15. The number of nitrogens with zero attached hydrogens (tertiary/aromatic N) is 2. The van der Waals surface area contributed by atoms with Crippen molar-refractivity contribution in [2.24, 2.45) is 0 Å². The highest BCUT2D eigenvalue weighted by atomic mass is 35.5. The van der Waals surface area contributed by atoms with Gasteiger partial charge in [-0.25, -0.2) is 8.42 Å². The Morgan fingerprint density at radius 3 is 2.54 bits per heavy atom. The third-order valence-electron chi connectivity index (χ3n) is 4.79. The van der Waals surface area contributed by atoms with E-state index in [0.717, 1.165) is 38.2 Å². The van der Waals surface area contributed by atoms with Gasteiger partial charge >= 0.3 is 0 Å². The molecule has 2 saturated heterocycles. The Balaban J connectivity index is 0.00000208. The van der Waals surface area contributed by atoms with Crippen LogP contribution in [0.3, 0.4) is 0 Å². The molecule has 24 heavy (non-hydrogen) atoms. The summed E-state index contributed by atoms with van der Waals surface area (Å²) in [4.78, 5) is 2.80. The number of halogens is 1. The number of hydrogen-bond donors (Lipinski definition) is 1. The molecule has 3 rings (SSSR count). The van der Waals surface area contributed by atoms with E-state index in [9.17, 15) is 8.42 Å². The van der Waals surface area contributed by atoms with Crippen molar-refractivity contribution in [1.29, 1.82) is 0 Å². The molecule has 0 bridgehead atoms. The van der Waals surface area contributed by atoms with Gasteiger partial charge in [0, 0.05) is 45.3 Å². The first-order valence-electron chi connectivity index (χ1n) is 8.12. The second kappa shape index (κ2) is 8.01. The maximum Gasteiger partial charge on any atom is 0.243 e. The summed E-state index contributed by atoms with van der Waals surface area (Å²) in [5, 5.41) is 3.34. The SMILES string of the molecule is COc1ccc(S(=O)(=O)N2CCC(N3CCNCC3)C2)c(C)c1.Cl. The van der Waals surface area contributed by atoms with Gasteiger partial charge in [0.2, 0.25) is 10.0 Å². The average Bonchev–Trinajstić information content (AvgIpc) is 3.06. The molecule has 2 aliphatic heterocycles. The summed E-state index contributed by atoms with van der Waals surface area (Å²) in [6.45, 7) is 6.98. The molecule has 2 fully saturated rings. The van der Waals surface area contributed by atoms with Gasteiger partial charge in [-0.05, 0) is 37.1 Å². The number of piperazine rings is 1. The second-order valence-corrected chi connectivity index (χ2v) is 8.13. The van der Waals surface area contributed by atoms with E-state index >= 15 is 0 Å². The van der Waals surface area contributed by atoms with Crippen LogP contribution < -0.4 is 10.1 Å². The van der Waals surface area contributed by atoms with Gasteiger partial charge in [-0.2, -0.15) is 4.31 Å². The van der Waals surface area contributed by atoms with Crippen LogP contribution in [0, 0.1) is 6.92 Å². The van der Waals surface area contributed by atoms with Gasteiger partial charge in [-0.1, -0.05) is 0 Å². The highest BCUT2D eigenvalue weighted by Gasteiger charge is 2.36. The lowest BCUT2D eigenvalue weighted by Crippen LogP contribution is -2.49. The Kier molecular flexibility index (Phi) is 6.50. The molecule has 1 unspecified atom stereocenters. The molecule has 136 valence electrons. The second-order valence-electron chi connectivity index (χ2n) is 6.22. The van der Waals surface area contributed by atoms with Crippen LogP contribution in [0.2, 0.25) is 0 Å². The Labute approximate surface area is 150 Å². The predicted molar refractivity (Wildman–Crippen MR) is 96.6 cm³/mol. The number of methoxy groups -OCH3 is 1. The zero-order valence-electron chi connectivity index (χ0n) is 14.2. The standard InChI is InChI=1S/C16H25N3O3S.ClH/c1-13-11-15(22-2)3-4-16(13)23(20,21)19-8-5-14(12-19)18-9-6-17-7-10-18;/h3-4,11,14,17H,5-10,12H2,1-2H3;1H. The Hall–Kier alpha value is -0.860. The molecule has 0 spiro atoms. The molecule has 1 aromatic rings. The lowest BCUT2D eigenvalue weighted by Gasteiger charge is -2.32. The summed E-state index contributed by atoms with van der Waals surface area (Å²) in [7, 11) is -1.85. The number of hydrogen-bond acceptors (Lipinski definition) is 5. The predicted octanol–water partition coefficient (Wildman–Crippen LogP) is 1.09. The summed E-state index contributed by atoms with van der Waals surface area (Å²) in [6, 6.07) is 5.48. The van der Waals surface area contributed by atoms with Crippen molar-refractivity contribution in [1.82, 2.24) is 14.5 Å². The van der Waals surface area contributed by atoms with E-state index in [2.05, 4.69) is 10.2 Å². The lowest BCUT2D eigenvalue weighted by atomic mass is 10.2. The lowest BCUT2D eigenvalue weighted by molar-refractivity contribution is 0.179. The maximum absolute atomic E-state index is 12.9. The van der Waals surface area contributed by atoms with Crippen LogP contribution >= 0.6 is 12.4 Å². The first-order valence-corrected chi connectivity index (χ1v) is 9.56. The van der Waals surface area contributed by atoms with Gasteiger partial charge in [0.1, 0.15) is 5.75 Å². The fraction of sp³-hybridized carbons (Fsp3) is 0.625. The van der Waals surface area contributed by atoms with E-state index in [1.54, 1.807) is 29.6 Å². The van der Waals surface area contributed by atoms with E-state index in [1.807, 2.05) is 6.92 Å². The van der Waals surface area contributed by atoms with Crippen molar-refractivity contribution in [3.05, 3.63) is 23.8 Å². The third-order valence-corrected chi connectivity index (χ3v) is 6.82. The van der Waals surface area contributed by atoms with Crippen LogP contribution in [0.5, 0.6) is 5.75 Å². The van der Waals surface area contributed by atoms with Gasteiger partial charge in [-0.15, -0.1) is 12.4 Å². The molecule has 6 nitrogen and oxygen atoms in total. The summed E-state index contributed by atoms with van der Waals surface area (Å²) in [5.41, 5.74) is 0.731. The van der Waals surface area contributed by atoms with Crippen LogP contribution in [0.25, 0.3) is 0 Å². The Bertz CT molecular complexity index is 663. The maximum atomic E-state index is 12.9. The van der Waals surface area contributed by atoms with Crippen molar-refractivity contribution in [3.63, 3.8) is 0 Å². The Morgan fingerprint density at radius 2 is 1.92 bits per heavy atom. The molecule has 2 heterocycles. The molecule has 1 aromatic carbocycles. The number of sulfonamides is 1. The first-order chi connectivity index (χ1) is 11.0. The topological polar surface area (TPSA) is 61.9 Å². The van der Waals surface area contributed by atoms with Crippen LogP contribution in [0.1, 0.15) is 12.0 Å². The number of nitrogens with one attached hydrogen (secondary N) is 1. The van der Waals surface area contributed by atoms with Crippen molar-refractivity contribution in [2.45, 2.75) is 24.3 Å². The molecule has 1 atom stereocenters. The molecule has 8 heteroatoms. The minimum atomic E-state index is -3.43. The monoisotopic (exact) mass is 375 g/mol. The summed E-state index contributed by atoms with van der Waals surface area (Å²) in [5.74, 6) is 0.682. The Morgan fingerprint density at radius 1 is 1.21 bits per heavy atom. The van der Waals surface area contributed by atoms with Gasteiger partial charge in [-0.3, -0.25) is 4.90 Å². The van der Waals surface area contributed by atoms with Crippen LogP contribution in [0.4, 0.5) is 0 Å². The quantitative estimate of drug-likeness (QED) is 0.853. The fourth-order valence-electron chi connectivity index (χ4n) is 3.45. The molecular formula is C16H26ClN3O3S. The van der Waals surface area contributed by atoms with Crippen molar-refractivity contribution < 1.29 is 13.2 Å². The normalized spacial score (nSPS) is 23.0. The zero-order chi connectivity index (χ0) is 16.4. The van der Waals surface area contributed by atoms with Gasteiger partial charge < -0.3 is 10.1 Å². The van der Waals surface area contributed by atoms with Gasteiger partial charge in [0.05, 0.1) is 12.0 Å². The van der Waals surface area contributed by atoms with E-state index < -0.39 is 10.0 Å². The van der Waals surface area contributed by atoms with Gasteiger partial charge in [0.25, 0.3) is 0 Å². The largest absolute Gasteiger partial charge is 0.497 e. The number of ether oxygens (including phenoxy) is 1. The van der Waals surface area contributed by atoms with Crippen LogP contribution in [0.15, 0.2) is 23.1 Å². The highest BCUT2D eigenvalue weighted by molar-refractivity contribution is 7.89. The zero-order valence-corrected chi connectivity index (χ0v) is 15.8. The van der Waals surface area contributed by atoms with Crippen LogP contribution in [-0.2, 0) is 10.0 Å². The first kappa shape index (κ1) is 19.5. The molecule has 1 N–H and O–H groups in total. The van der Waals surface area contributed by atoms with E-state index in [4.69, 9.17) is 4.74 Å². The summed E-state index contributed by atoms with van der Waals surface area (Å²) in [6.07, 6.45) is 0.911. The molecule has 0 amide bonds. The van der Waals surface area contributed by atoms with E-state index in [1.165, 1.54) is 0 Å². The van der Waals surface area contributed by atoms with Crippen molar-refractivity contribution in [3.8, 4) is 5.75 Å². The van der Waals surface area contributed by atoms with Crippen LogP contribution in [-0.4, -0.2) is 70.0 Å². The number of rotatable bonds is 4. The molecule has 2 aliphatic rings. The third kappa shape index (κ3) is 3.86. The minimum Gasteiger partial charge on any atom is -0.497 e.